The molecule has 1 aromatic heterocycles. The average molecular weight is 416 g/mol. The fourth-order valence-electron chi connectivity index (χ4n) is 3.91. The van der Waals surface area contributed by atoms with E-state index in [1.165, 1.54) is 11.2 Å². The molecule has 1 aliphatic carbocycles. The number of carbonyl (C=O) groups is 2. The zero-order chi connectivity index (χ0) is 20.1. The molecule has 4 rings (SSSR count). The molecule has 1 aromatic rings. The van der Waals surface area contributed by atoms with Crippen molar-refractivity contribution in [2.45, 2.75) is 37.4 Å². The van der Waals surface area contributed by atoms with Crippen LogP contribution in [0.5, 0.6) is 0 Å². The fraction of sp³-hybridized carbons (Fsp3) is 0.600. The lowest BCUT2D eigenvalue weighted by atomic mass is 9.85. The summed E-state index contributed by atoms with van der Waals surface area (Å²) in [6.07, 6.45) is 3.26. The Bertz CT molecular complexity index is 869. The van der Waals surface area contributed by atoms with Gasteiger partial charge in [-0.2, -0.15) is 13.5 Å². The van der Waals surface area contributed by atoms with Gasteiger partial charge in [0.05, 0.1) is 25.0 Å². The van der Waals surface area contributed by atoms with Crippen molar-refractivity contribution in [3.8, 4) is 0 Å². The van der Waals surface area contributed by atoms with Crippen molar-refractivity contribution in [2.75, 3.05) is 13.2 Å². The van der Waals surface area contributed by atoms with Gasteiger partial charge in [0.1, 0.15) is 11.8 Å². The number of hydrogen-bond acceptors (Lipinski definition) is 8. The Kier molecular flexibility index (Phi) is 4.58. The Morgan fingerprint density at radius 2 is 2.25 bits per heavy atom. The van der Waals surface area contributed by atoms with Crippen molar-refractivity contribution >= 4 is 22.3 Å². The Balaban J connectivity index is 1.40. The molecule has 12 nitrogen and oxygen atoms in total. The van der Waals surface area contributed by atoms with Gasteiger partial charge in [0, 0.05) is 6.54 Å². The minimum atomic E-state index is -4.85. The number of hydrogen-bond donors (Lipinski definition) is 3. The zero-order valence-electron chi connectivity index (χ0n) is 14.7. The number of nitrogens with one attached hydrogen (secondary N) is 1. The first-order valence-corrected chi connectivity index (χ1v) is 10.0. The van der Waals surface area contributed by atoms with Crippen molar-refractivity contribution in [3.05, 3.63) is 24.2 Å². The minimum Gasteiger partial charge on any atom is -0.468 e. The molecule has 2 bridgehead atoms. The summed E-state index contributed by atoms with van der Waals surface area (Å²) in [7, 11) is -4.85. The number of carbonyl (C=O) groups excluding carboxylic acids is 2. The number of amides is 3. The number of nitrogens with zero attached hydrogens (tertiary/aromatic N) is 2. The third-order valence-electron chi connectivity index (χ3n) is 5.48. The average Bonchev–Trinajstić information content (AvgIpc) is 3.07. The maximum absolute atomic E-state index is 12.6. The van der Waals surface area contributed by atoms with Crippen LogP contribution in [0.3, 0.4) is 0 Å². The molecule has 1 spiro atoms. The highest BCUT2D eigenvalue weighted by Crippen LogP contribution is 2.59. The highest BCUT2D eigenvalue weighted by Gasteiger charge is 2.65. The molecule has 3 aliphatic rings. The van der Waals surface area contributed by atoms with Gasteiger partial charge >= 0.3 is 16.4 Å². The number of hydroxylamine groups is 3. The molecule has 4 N–H and O–H groups in total. The lowest BCUT2D eigenvalue weighted by molar-refractivity contribution is -0.140. The van der Waals surface area contributed by atoms with Crippen LogP contribution in [-0.2, 0) is 24.3 Å². The summed E-state index contributed by atoms with van der Waals surface area (Å²) in [5.41, 5.74) is 7.76. The Morgan fingerprint density at radius 1 is 1.50 bits per heavy atom. The Morgan fingerprint density at radius 3 is 2.86 bits per heavy atom. The van der Waals surface area contributed by atoms with Crippen LogP contribution >= 0.6 is 0 Å². The SMILES string of the molecule is NC(CONC(=O)[C@@H]1CC2(CC2)[C@H]2CN1C(=O)N2OS(=O)(=O)O)c1ccco1. The van der Waals surface area contributed by atoms with Crippen molar-refractivity contribution in [1.82, 2.24) is 15.4 Å². The first-order valence-electron chi connectivity index (χ1n) is 8.68. The molecule has 1 saturated carbocycles. The number of fused-ring (bicyclic) bond motifs is 3. The molecule has 13 heteroatoms. The van der Waals surface area contributed by atoms with Crippen LogP contribution in [0, 0.1) is 5.41 Å². The Hall–Kier alpha value is -2.19. The van der Waals surface area contributed by atoms with Crippen molar-refractivity contribution in [3.63, 3.8) is 0 Å². The van der Waals surface area contributed by atoms with Crippen LogP contribution in [0.4, 0.5) is 4.79 Å². The second-order valence-electron chi connectivity index (χ2n) is 7.26. The largest absolute Gasteiger partial charge is 0.468 e. The van der Waals surface area contributed by atoms with E-state index in [2.05, 4.69) is 9.76 Å². The van der Waals surface area contributed by atoms with Gasteiger partial charge in [0.15, 0.2) is 0 Å². The summed E-state index contributed by atoms with van der Waals surface area (Å²) < 4.78 is 40.7. The number of nitrogens with two attached hydrogens (primary N) is 1. The maximum Gasteiger partial charge on any atom is 0.418 e. The molecule has 3 heterocycles. The quantitative estimate of drug-likeness (QED) is 0.400. The van der Waals surface area contributed by atoms with Crippen molar-refractivity contribution in [2.24, 2.45) is 11.1 Å². The van der Waals surface area contributed by atoms with E-state index in [1.54, 1.807) is 12.1 Å². The molecular formula is C15H20N4O8S. The van der Waals surface area contributed by atoms with E-state index in [1.807, 2.05) is 0 Å². The molecule has 0 aromatic carbocycles. The van der Waals surface area contributed by atoms with Gasteiger partial charge in [-0.1, -0.05) is 0 Å². The van der Waals surface area contributed by atoms with E-state index in [0.29, 0.717) is 17.2 Å². The zero-order valence-corrected chi connectivity index (χ0v) is 15.5. The summed E-state index contributed by atoms with van der Waals surface area (Å²) in [5.74, 6) is -0.0437. The van der Waals surface area contributed by atoms with E-state index in [0.717, 1.165) is 12.8 Å². The lowest BCUT2D eigenvalue weighted by Crippen LogP contribution is -2.52. The lowest BCUT2D eigenvalue weighted by Gasteiger charge is -2.35. The number of rotatable bonds is 7. The van der Waals surface area contributed by atoms with Crippen LogP contribution in [-0.4, -0.2) is 60.1 Å². The number of piperidine rings is 1. The highest BCUT2D eigenvalue weighted by atomic mass is 32.3. The Labute approximate surface area is 160 Å². The van der Waals surface area contributed by atoms with E-state index in [9.17, 15) is 18.0 Å². The third kappa shape index (κ3) is 3.46. The monoisotopic (exact) mass is 416 g/mol. The highest BCUT2D eigenvalue weighted by molar-refractivity contribution is 7.80. The molecule has 1 unspecified atom stereocenters. The van der Waals surface area contributed by atoms with E-state index >= 15 is 0 Å². The van der Waals surface area contributed by atoms with Crippen LogP contribution in [0.2, 0.25) is 0 Å². The summed E-state index contributed by atoms with van der Waals surface area (Å²) in [6.45, 7) is 0.0873. The summed E-state index contributed by atoms with van der Waals surface area (Å²) >= 11 is 0. The second kappa shape index (κ2) is 6.70. The van der Waals surface area contributed by atoms with Crippen LogP contribution in [0.15, 0.2) is 22.8 Å². The maximum atomic E-state index is 12.6. The van der Waals surface area contributed by atoms with Gasteiger partial charge in [-0.05, 0) is 36.8 Å². The molecule has 3 amide bonds. The van der Waals surface area contributed by atoms with Gasteiger partial charge in [-0.3, -0.25) is 14.2 Å². The molecule has 2 aliphatic heterocycles. The van der Waals surface area contributed by atoms with Crippen LogP contribution < -0.4 is 11.2 Å². The van der Waals surface area contributed by atoms with Gasteiger partial charge in [-0.15, -0.1) is 4.28 Å². The number of furan rings is 1. The summed E-state index contributed by atoms with van der Waals surface area (Å²) in [6, 6.07) is 0.605. The molecule has 3 atom stereocenters. The van der Waals surface area contributed by atoms with E-state index < -0.39 is 45.9 Å². The van der Waals surface area contributed by atoms with Gasteiger partial charge in [0.25, 0.3) is 5.91 Å². The molecule has 0 radical (unpaired) electrons. The third-order valence-corrected chi connectivity index (χ3v) is 5.83. The van der Waals surface area contributed by atoms with Gasteiger partial charge in [0.2, 0.25) is 0 Å². The van der Waals surface area contributed by atoms with Gasteiger partial charge < -0.3 is 15.1 Å². The molecule has 28 heavy (non-hydrogen) atoms. The fourth-order valence-corrected chi connectivity index (χ4v) is 4.28. The van der Waals surface area contributed by atoms with E-state index in [-0.39, 0.29) is 13.2 Å². The first kappa shape index (κ1) is 19.1. The predicted octanol–water partition coefficient (Wildman–Crippen LogP) is -0.280. The first-order chi connectivity index (χ1) is 13.2. The summed E-state index contributed by atoms with van der Waals surface area (Å²) in [4.78, 5) is 31.5. The minimum absolute atomic E-state index is 0.0360. The topological polar surface area (TPSA) is 165 Å². The smallest absolute Gasteiger partial charge is 0.418 e. The molecule has 3 fully saturated rings. The second-order valence-corrected chi connectivity index (χ2v) is 8.26. The predicted molar refractivity (Wildman–Crippen MR) is 90.2 cm³/mol. The molecule has 154 valence electrons. The summed E-state index contributed by atoms with van der Waals surface area (Å²) in [5, 5.41) is 0.656. The normalized spacial score (nSPS) is 26.6. The van der Waals surface area contributed by atoms with Crippen LogP contribution in [0.1, 0.15) is 31.1 Å². The molecule has 2 saturated heterocycles. The van der Waals surface area contributed by atoms with Gasteiger partial charge in [-0.25, -0.2) is 10.3 Å². The molecular weight excluding hydrogens is 396 g/mol. The van der Waals surface area contributed by atoms with Crippen molar-refractivity contribution < 1.29 is 36.1 Å². The standard InChI is InChI=1S/C15H20N4O8S/c16-9(11-2-1-5-25-11)8-26-17-13(20)10-6-15(3-4-15)12-7-18(10)14(21)19(12)27-28(22,23)24/h1-2,5,9-10,12H,3-4,6-8,16H2,(H,17,20)(H,22,23,24)/t9?,10-,12+/m0/s1. The van der Waals surface area contributed by atoms with Crippen molar-refractivity contribution in [1.29, 1.82) is 0 Å². The van der Waals surface area contributed by atoms with Crippen LogP contribution in [0.25, 0.3) is 0 Å². The van der Waals surface area contributed by atoms with E-state index in [4.69, 9.17) is 19.5 Å². The number of urea groups is 1.